The summed E-state index contributed by atoms with van der Waals surface area (Å²) in [5, 5.41) is 0. The molecule has 0 aliphatic carbocycles. The summed E-state index contributed by atoms with van der Waals surface area (Å²) in [6, 6.07) is 4.98. The molecule has 4 nitrogen and oxygen atoms in total. The number of methoxy groups -OCH3 is 1. The molecule has 2 N–H and O–H groups in total. The lowest BCUT2D eigenvalue weighted by atomic mass is 10.0. The summed E-state index contributed by atoms with van der Waals surface area (Å²) in [5.41, 5.74) is 6.76. The van der Waals surface area contributed by atoms with E-state index in [1.54, 1.807) is 13.2 Å². The van der Waals surface area contributed by atoms with Crippen molar-refractivity contribution in [1.82, 2.24) is 0 Å². The fourth-order valence-electron chi connectivity index (χ4n) is 1.88. The Morgan fingerprint density at radius 1 is 1.19 bits per heavy atom. The highest BCUT2D eigenvalue weighted by atomic mass is 19.1. The molecule has 0 fully saturated rings. The molecule has 120 valence electrons. The normalized spacial score (nSPS) is 12.4. The molecule has 0 aliphatic heterocycles. The molecule has 1 atom stereocenters. The highest BCUT2D eigenvalue weighted by Crippen LogP contribution is 2.24. The zero-order valence-corrected chi connectivity index (χ0v) is 12.9. The summed E-state index contributed by atoms with van der Waals surface area (Å²) in [7, 11) is 1.63. The van der Waals surface area contributed by atoms with Gasteiger partial charge in [-0.3, -0.25) is 0 Å². The van der Waals surface area contributed by atoms with Crippen LogP contribution in [-0.2, 0) is 15.9 Å². The van der Waals surface area contributed by atoms with E-state index in [1.807, 2.05) is 13.0 Å². The monoisotopic (exact) mass is 299 g/mol. The van der Waals surface area contributed by atoms with Gasteiger partial charge in [0, 0.05) is 26.2 Å². The van der Waals surface area contributed by atoms with E-state index in [0.29, 0.717) is 45.0 Å². The Hall–Kier alpha value is -1.17. The molecule has 5 heteroatoms. The van der Waals surface area contributed by atoms with Gasteiger partial charge in [0.15, 0.2) is 11.6 Å². The fraction of sp³-hybridized carbons (Fsp3) is 0.625. The third kappa shape index (κ3) is 6.89. The zero-order valence-electron chi connectivity index (χ0n) is 12.9. The molecular weight excluding hydrogens is 273 g/mol. The Kier molecular flexibility index (Phi) is 8.98. The van der Waals surface area contributed by atoms with Crippen LogP contribution in [0.25, 0.3) is 0 Å². The number of rotatable bonds is 11. The Morgan fingerprint density at radius 3 is 2.71 bits per heavy atom. The molecule has 0 aromatic heterocycles. The van der Waals surface area contributed by atoms with E-state index in [0.717, 1.165) is 12.0 Å². The number of hydrogen-bond donors (Lipinski definition) is 1. The summed E-state index contributed by atoms with van der Waals surface area (Å²) in [6.45, 7) is 4.14. The van der Waals surface area contributed by atoms with Gasteiger partial charge in [0.25, 0.3) is 0 Å². The van der Waals surface area contributed by atoms with Gasteiger partial charge < -0.3 is 19.9 Å². The lowest BCUT2D eigenvalue weighted by Crippen LogP contribution is -2.22. The third-order valence-electron chi connectivity index (χ3n) is 3.17. The first kappa shape index (κ1) is 17.9. The molecule has 0 spiro atoms. The summed E-state index contributed by atoms with van der Waals surface area (Å²) < 4.78 is 29.7. The van der Waals surface area contributed by atoms with Crippen molar-refractivity contribution >= 4 is 0 Å². The van der Waals surface area contributed by atoms with Crippen molar-refractivity contribution in [2.24, 2.45) is 5.73 Å². The Bertz CT molecular complexity index is 401. The van der Waals surface area contributed by atoms with E-state index in [-0.39, 0.29) is 11.9 Å². The number of benzene rings is 1. The quantitative estimate of drug-likeness (QED) is 0.638. The van der Waals surface area contributed by atoms with Crippen molar-refractivity contribution in [3.05, 3.63) is 29.6 Å². The van der Waals surface area contributed by atoms with Crippen LogP contribution in [0.2, 0.25) is 0 Å². The number of nitrogens with two attached hydrogens (primary N) is 1. The maximum atomic E-state index is 13.9. The SMILES string of the molecule is CCC(N)Cc1cccc(F)c1OCCCOCCOC. The topological polar surface area (TPSA) is 53.7 Å². The molecule has 0 radical (unpaired) electrons. The second-order valence-corrected chi connectivity index (χ2v) is 4.91. The van der Waals surface area contributed by atoms with Crippen LogP contribution in [0, 0.1) is 5.82 Å². The van der Waals surface area contributed by atoms with Gasteiger partial charge in [-0.2, -0.15) is 0 Å². The largest absolute Gasteiger partial charge is 0.490 e. The minimum atomic E-state index is -0.337. The number of halogens is 1. The van der Waals surface area contributed by atoms with Crippen LogP contribution in [0.4, 0.5) is 4.39 Å². The van der Waals surface area contributed by atoms with Crippen LogP contribution in [0.1, 0.15) is 25.3 Å². The lowest BCUT2D eigenvalue weighted by molar-refractivity contribution is 0.0641. The number of ether oxygens (including phenoxy) is 3. The van der Waals surface area contributed by atoms with Gasteiger partial charge in [0.2, 0.25) is 0 Å². The van der Waals surface area contributed by atoms with Crippen molar-refractivity contribution in [1.29, 1.82) is 0 Å². The predicted molar refractivity (Wildman–Crippen MR) is 81.2 cm³/mol. The van der Waals surface area contributed by atoms with Crippen molar-refractivity contribution in [2.75, 3.05) is 33.5 Å². The molecule has 0 aliphatic rings. The van der Waals surface area contributed by atoms with Crippen LogP contribution < -0.4 is 10.5 Å². The first-order valence-electron chi connectivity index (χ1n) is 7.41. The first-order valence-corrected chi connectivity index (χ1v) is 7.41. The molecule has 0 heterocycles. The Labute approximate surface area is 126 Å². The smallest absolute Gasteiger partial charge is 0.165 e. The van der Waals surface area contributed by atoms with Crippen molar-refractivity contribution in [3.8, 4) is 5.75 Å². The summed E-state index contributed by atoms with van der Waals surface area (Å²) in [6.07, 6.45) is 2.18. The van der Waals surface area contributed by atoms with Gasteiger partial charge in [-0.05, 0) is 24.5 Å². The lowest BCUT2D eigenvalue weighted by Gasteiger charge is -2.15. The third-order valence-corrected chi connectivity index (χ3v) is 3.17. The molecule has 21 heavy (non-hydrogen) atoms. The Balaban J connectivity index is 2.42. The molecular formula is C16H26FNO3. The maximum absolute atomic E-state index is 13.9. The molecule has 0 saturated heterocycles. The average molecular weight is 299 g/mol. The minimum absolute atomic E-state index is 0.0199. The predicted octanol–water partition coefficient (Wildman–Crippen LogP) is 2.54. The fourth-order valence-corrected chi connectivity index (χ4v) is 1.88. The molecule has 0 bridgehead atoms. The summed E-state index contributed by atoms with van der Waals surface area (Å²) >= 11 is 0. The van der Waals surface area contributed by atoms with Gasteiger partial charge in [0.05, 0.1) is 19.8 Å². The number of para-hydroxylation sites is 1. The second kappa shape index (κ2) is 10.5. The first-order chi connectivity index (χ1) is 10.2. The van der Waals surface area contributed by atoms with Crippen LogP contribution in [-0.4, -0.2) is 39.6 Å². The molecule has 1 aromatic carbocycles. The van der Waals surface area contributed by atoms with Gasteiger partial charge in [0.1, 0.15) is 0 Å². The summed E-state index contributed by atoms with van der Waals surface area (Å²) in [4.78, 5) is 0. The average Bonchev–Trinajstić information content (AvgIpc) is 2.48. The van der Waals surface area contributed by atoms with Gasteiger partial charge in [-0.15, -0.1) is 0 Å². The van der Waals surface area contributed by atoms with E-state index < -0.39 is 0 Å². The second-order valence-electron chi connectivity index (χ2n) is 4.91. The van der Waals surface area contributed by atoms with E-state index in [1.165, 1.54) is 6.07 Å². The van der Waals surface area contributed by atoms with Crippen LogP contribution in [0.5, 0.6) is 5.75 Å². The van der Waals surface area contributed by atoms with Gasteiger partial charge >= 0.3 is 0 Å². The zero-order chi connectivity index (χ0) is 15.5. The summed E-state index contributed by atoms with van der Waals surface area (Å²) in [5.74, 6) is -0.0191. The number of hydrogen-bond acceptors (Lipinski definition) is 4. The van der Waals surface area contributed by atoms with Gasteiger partial charge in [-0.25, -0.2) is 4.39 Å². The Morgan fingerprint density at radius 2 is 2.00 bits per heavy atom. The molecule has 0 amide bonds. The van der Waals surface area contributed by atoms with Crippen LogP contribution in [0.3, 0.4) is 0 Å². The van der Waals surface area contributed by atoms with Crippen molar-refractivity contribution in [3.63, 3.8) is 0 Å². The van der Waals surface area contributed by atoms with Crippen molar-refractivity contribution < 1.29 is 18.6 Å². The minimum Gasteiger partial charge on any atom is -0.490 e. The molecule has 1 rings (SSSR count). The van der Waals surface area contributed by atoms with E-state index in [2.05, 4.69) is 0 Å². The van der Waals surface area contributed by atoms with E-state index >= 15 is 0 Å². The van der Waals surface area contributed by atoms with Gasteiger partial charge in [-0.1, -0.05) is 19.1 Å². The highest BCUT2D eigenvalue weighted by Gasteiger charge is 2.12. The van der Waals surface area contributed by atoms with Crippen LogP contribution >= 0.6 is 0 Å². The van der Waals surface area contributed by atoms with Crippen molar-refractivity contribution in [2.45, 2.75) is 32.2 Å². The maximum Gasteiger partial charge on any atom is 0.165 e. The van der Waals surface area contributed by atoms with E-state index in [4.69, 9.17) is 19.9 Å². The molecule has 1 unspecified atom stereocenters. The molecule has 0 saturated carbocycles. The highest BCUT2D eigenvalue weighted by molar-refractivity contribution is 5.35. The van der Waals surface area contributed by atoms with Crippen LogP contribution in [0.15, 0.2) is 18.2 Å². The standard InChI is InChI=1S/C16H26FNO3/c1-3-14(18)12-13-6-4-7-15(17)16(13)21-9-5-8-20-11-10-19-2/h4,6-7,14H,3,5,8-12,18H2,1-2H3. The molecule has 1 aromatic rings. The van der Waals surface area contributed by atoms with E-state index in [9.17, 15) is 4.39 Å².